The van der Waals surface area contributed by atoms with Gasteiger partial charge in [0.2, 0.25) is 0 Å². The van der Waals surface area contributed by atoms with Crippen molar-refractivity contribution in [3.63, 3.8) is 0 Å². The minimum Gasteiger partial charge on any atom is -0.389 e. The van der Waals surface area contributed by atoms with E-state index in [1.165, 1.54) is 0 Å². The van der Waals surface area contributed by atoms with Crippen LogP contribution in [0.25, 0.3) is 0 Å². The highest BCUT2D eigenvalue weighted by molar-refractivity contribution is 5.35. The van der Waals surface area contributed by atoms with Crippen molar-refractivity contribution >= 4 is 5.82 Å². The summed E-state index contributed by atoms with van der Waals surface area (Å²) in [5, 5.41) is 13.2. The van der Waals surface area contributed by atoms with Gasteiger partial charge >= 0.3 is 0 Å². The van der Waals surface area contributed by atoms with Gasteiger partial charge in [-0.15, -0.1) is 0 Å². The van der Waals surface area contributed by atoms with Crippen molar-refractivity contribution < 1.29 is 5.11 Å². The minimum absolute atomic E-state index is 0.530. The van der Waals surface area contributed by atoms with E-state index in [4.69, 9.17) is 0 Å². The van der Waals surface area contributed by atoms with Gasteiger partial charge in [0, 0.05) is 26.2 Å². The zero-order valence-corrected chi connectivity index (χ0v) is 11.3. The van der Waals surface area contributed by atoms with E-state index in [2.05, 4.69) is 22.1 Å². The summed E-state index contributed by atoms with van der Waals surface area (Å²) in [7, 11) is 0. The normalized spacial score (nSPS) is 24.4. The molecule has 0 aromatic carbocycles. The van der Waals surface area contributed by atoms with E-state index in [9.17, 15) is 5.11 Å². The summed E-state index contributed by atoms with van der Waals surface area (Å²) in [6.07, 6.45) is 1.95. The highest BCUT2D eigenvalue weighted by Gasteiger charge is 2.31. The topological polar surface area (TPSA) is 48.4 Å². The van der Waals surface area contributed by atoms with Gasteiger partial charge in [-0.25, -0.2) is 4.98 Å². The monoisotopic (exact) mass is 249 g/mol. The number of nitrogens with zero attached hydrogens (tertiary/aromatic N) is 2. The fraction of sp³-hybridized carbons (Fsp3) is 0.643. The second kappa shape index (κ2) is 5.67. The first kappa shape index (κ1) is 13.3. The molecule has 2 N–H and O–H groups in total. The predicted molar refractivity (Wildman–Crippen MR) is 73.5 cm³/mol. The molecule has 1 aromatic heterocycles. The van der Waals surface area contributed by atoms with E-state index >= 15 is 0 Å². The Balaban J connectivity index is 1.93. The summed E-state index contributed by atoms with van der Waals surface area (Å²) in [6.45, 7) is 7.50. The minimum atomic E-state index is -0.530. The number of hydrogen-bond donors (Lipinski definition) is 2. The van der Waals surface area contributed by atoms with Crippen LogP contribution in [0.2, 0.25) is 0 Å². The molecule has 1 saturated heterocycles. The van der Waals surface area contributed by atoms with Crippen molar-refractivity contribution in [2.75, 3.05) is 25.0 Å². The maximum atomic E-state index is 9.94. The zero-order chi connectivity index (χ0) is 13.0. The molecule has 18 heavy (non-hydrogen) atoms. The Morgan fingerprint density at radius 1 is 1.50 bits per heavy atom. The smallest absolute Gasteiger partial charge is 0.126 e. The first-order valence-electron chi connectivity index (χ1n) is 6.73. The zero-order valence-electron chi connectivity index (χ0n) is 11.3. The molecule has 100 valence electrons. The van der Waals surface area contributed by atoms with Crippen molar-refractivity contribution in [1.29, 1.82) is 0 Å². The molecule has 2 heterocycles. The maximum Gasteiger partial charge on any atom is 0.126 e. The van der Waals surface area contributed by atoms with Crippen molar-refractivity contribution in [3.8, 4) is 0 Å². The first-order valence-corrected chi connectivity index (χ1v) is 6.73. The van der Waals surface area contributed by atoms with Crippen molar-refractivity contribution in [3.05, 3.63) is 23.9 Å². The number of anilines is 1. The van der Waals surface area contributed by atoms with Crippen LogP contribution < -0.4 is 5.32 Å². The molecule has 0 aliphatic carbocycles. The third kappa shape index (κ3) is 3.68. The fourth-order valence-electron chi connectivity index (χ4n) is 2.32. The molecule has 1 unspecified atom stereocenters. The van der Waals surface area contributed by atoms with E-state index < -0.39 is 5.60 Å². The summed E-state index contributed by atoms with van der Waals surface area (Å²) < 4.78 is 0. The number of hydrogen-bond acceptors (Lipinski definition) is 4. The Labute approximate surface area is 109 Å². The Hall–Kier alpha value is -1.13. The van der Waals surface area contributed by atoms with E-state index in [0.29, 0.717) is 0 Å². The third-order valence-electron chi connectivity index (χ3n) is 3.28. The van der Waals surface area contributed by atoms with Crippen molar-refractivity contribution in [1.82, 2.24) is 9.88 Å². The molecule has 1 aromatic rings. The number of β-amino-alcohol motifs (C(OH)–C–C–N with tert-alkyl or cyclic N) is 1. The van der Waals surface area contributed by atoms with Crippen molar-refractivity contribution in [2.45, 2.75) is 38.8 Å². The largest absolute Gasteiger partial charge is 0.389 e. The molecule has 0 saturated carbocycles. The molecule has 0 bridgehead atoms. The van der Waals surface area contributed by atoms with Crippen LogP contribution in [0.5, 0.6) is 0 Å². The molecule has 1 fully saturated rings. The Bertz CT molecular complexity index is 392. The fourth-order valence-corrected chi connectivity index (χ4v) is 2.32. The number of aromatic nitrogens is 1. The van der Waals surface area contributed by atoms with Crippen LogP contribution in [0.3, 0.4) is 0 Å². The van der Waals surface area contributed by atoms with Gasteiger partial charge in [0.25, 0.3) is 0 Å². The Morgan fingerprint density at radius 2 is 2.33 bits per heavy atom. The average Bonchev–Trinajstić information content (AvgIpc) is 2.66. The lowest BCUT2D eigenvalue weighted by molar-refractivity contribution is 0.0677. The number of nitrogens with one attached hydrogen (secondary N) is 1. The van der Waals surface area contributed by atoms with E-state index in [-0.39, 0.29) is 0 Å². The lowest BCUT2D eigenvalue weighted by atomic mass is 10.1. The van der Waals surface area contributed by atoms with Gasteiger partial charge in [-0.2, -0.15) is 0 Å². The first-order chi connectivity index (χ1) is 8.59. The van der Waals surface area contributed by atoms with Crippen molar-refractivity contribution in [2.24, 2.45) is 0 Å². The molecule has 0 amide bonds. The molecule has 0 spiro atoms. The van der Waals surface area contributed by atoms with Gasteiger partial charge in [-0.05, 0) is 31.9 Å². The average molecular weight is 249 g/mol. The highest BCUT2D eigenvalue weighted by Crippen LogP contribution is 2.21. The molecule has 4 heteroatoms. The summed E-state index contributed by atoms with van der Waals surface area (Å²) in [5.41, 5.74) is 0.534. The lowest BCUT2D eigenvalue weighted by Gasteiger charge is -2.18. The van der Waals surface area contributed by atoms with Gasteiger partial charge < -0.3 is 10.4 Å². The molecule has 1 atom stereocenters. The predicted octanol–water partition coefficient (Wildman–Crippen LogP) is 1.86. The van der Waals surface area contributed by atoms with Gasteiger partial charge in [0.1, 0.15) is 5.82 Å². The molecular formula is C14H23N3O. The Morgan fingerprint density at radius 3 is 3.00 bits per heavy atom. The van der Waals surface area contributed by atoms with E-state index in [1.807, 2.05) is 25.1 Å². The summed E-state index contributed by atoms with van der Waals surface area (Å²) in [6, 6.07) is 6.08. The van der Waals surface area contributed by atoms with Crippen LogP contribution in [0, 0.1) is 0 Å². The second-order valence-corrected chi connectivity index (χ2v) is 5.40. The molecule has 1 aliphatic heterocycles. The van der Waals surface area contributed by atoms with E-state index in [1.54, 1.807) is 0 Å². The molecule has 1 aliphatic rings. The summed E-state index contributed by atoms with van der Waals surface area (Å²) >= 11 is 0. The standard InChI is InChI=1S/C14H23N3O/c1-3-8-15-13-6-4-5-12(16-13)10-17-9-7-14(2,18)11-17/h4-6,18H,3,7-11H2,1-2H3,(H,15,16). The molecule has 0 radical (unpaired) electrons. The summed E-state index contributed by atoms with van der Waals surface area (Å²) in [5.74, 6) is 0.945. The van der Waals surface area contributed by atoms with Gasteiger partial charge in [0.15, 0.2) is 0 Å². The third-order valence-corrected chi connectivity index (χ3v) is 3.28. The highest BCUT2D eigenvalue weighted by atomic mass is 16.3. The number of likely N-dealkylation sites (tertiary alicyclic amines) is 1. The SMILES string of the molecule is CCCNc1cccc(CN2CCC(C)(O)C2)n1. The van der Waals surface area contributed by atoms with E-state index in [0.717, 1.165) is 50.5 Å². The van der Waals surface area contributed by atoms with Crippen LogP contribution in [0.1, 0.15) is 32.4 Å². The Kier molecular flexibility index (Phi) is 4.19. The quantitative estimate of drug-likeness (QED) is 0.836. The molecule has 2 rings (SSSR count). The van der Waals surface area contributed by atoms with Crippen LogP contribution >= 0.6 is 0 Å². The second-order valence-electron chi connectivity index (χ2n) is 5.40. The number of rotatable bonds is 5. The molecular weight excluding hydrogens is 226 g/mol. The van der Waals surface area contributed by atoms with Crippen LogP contribution in [0.15, 0.2) is 18.2 Å². The van der Waals surface area contributed by atoms with Crippen LogP contribution in [-0.4, -0.2) is 40.2 Å². The molecule has 4 nitrogen and oxygen atoms in total. The van der Waals surface area contributed by atoms with Gasteiger partial charge in [0.05, 0.1) is 11.3 Å². The van der Waals surface area contributed by atoms with Gasteiger partial charge in [-0.1, -0.05) is 13.0 Å². The maximum absolute atomic E-state index is 9.94. The van der Waals surface area contributed by atoms with Crippen LogP contribution in [-0.2, 0) is 6.54 Å². The summed E-state index contributed by atoms with van der Waals surface area (Å²) in [4.78, 5) is 6.84. The number of pyridine rings is 1. The van der Waals surface area contributed by atoms with Crippen LogP contribution in [0.4, 0.5) is 5.82 Å². The lowest BCUT2D eigenvalue weighted by Crippen LogP contribution is -2.29. The van der Waals surface area contributed by atoms with Gasteiger partial charge in [-0.3, -0.25) is 4.90 Å². The number of aliphatic hydroxyl groups is 1.